The van der Waals surface area contributed by atoms with E-state index >= 15 is 0 Å². The average molecular weight is 266 g/mol. The van der Waals surface area contributed by atoms with Gasteiger partial charge < -0.3 is 0 Å². The molecule has 58 valence electrons. The highest BCUT2D eigenvalue weighted by atomic mass is 127. The van der Waals surface area contributed by atoms with Gasteiger partial charge in [-0.2, -0.15) is 0 Å². The predicted octanol–water partition coefficient (Wildman–Crippen LogP) is 0.562. The van der Waals surface area contributed by atoms with Crippen LogP contribution < -0.4 is 0 Å². The zero-order valence-electron chi connectivity index (χ0n) is 5.23. The summed E-state index contributed by atoms with van der Waals surface area (Å²) < 4.78 is -0.502. The first kappa shape index (κ1) is 8.31. The number of carbonyl (C=O) groups excluding carboxylic acids is 1. The minimum absolute atomic E-state index is 0.121. The molecule has 1 atom stereocenters. The molecule has 0 fully saturated rings. The molecule has 0 aromatic carbocycles. The van der Waals surface area contributed by atoms with E-state index in [0.717, 1.165) is 6.21 Å². The van der Waals surface area contributed by atoms with Crippen LogP contribution in [0.25, 0.3) is 0 Å². The van der Waals surface area contributed by atoms with Crippen LogP contribution in [0.15, 0.2) is 16.8 Å². The molecule has 0 N–H and O–H groups in total. The van der Waals surface area contributed by atoms with E-state index in [4.69, 9.17) is 0 Å². The van der Waals surface area contributed by atoms with Crippen LogP contribution in [-0.4, -0.2) is 21.0 Å². The Balaban J connectivity index is 2.88. The van der Waals surface area contributed by atoms with Crippen molar-refractivity contribution in [2.75, 3.05) is 0 Å². The Labute approximate surface area is 75.5 Å². The number of halogens is 1. The van der Waals surface area contributed by atoms with Crippen LogP contribution >= 0.6 is 22.6 Å². The van der Waals surface area contributed by atoms with Crippen molar-refractivity contribution in [3.63, 3.8) is 0 Å². The second-order valence-electron chi connectivity index (χ2n) is 1.85. The topological polar surface area (TPSA) is 72.6 Å². The summed E-state index contributed by atoms with van der Waals surface area (Å²) in [6.45, 7) is 0. The van der Waals surface area contributed by atoms with E-state index in [2.05, 4.69) is 4.99 Å². The third-order valence-electron chi connectivity index (χ3n) is 1.09. The largest absolute Gasteiger partial charge is 0.285 e. The van der Waals surface area contributed by atoms with Crippen LogP contribution in [0, 0.1) is 10.1 Å². The summed E-state index contributed by atoms with van der Waals surface area (Å²) in [7, 11) is 0. The van der Waals surface area contributed by atoms with Crippen molar-refractivity contribution in [1.29, 1.82) is 0 Å². The summed E-state index contributed by atoms with van der Waals surface area (Å²) in [5.74, 6) is -0.351. The molecule has 1 aliphatic rings. The summed E-state index contributed by atoms with van der Waals surface area (Å²) in [5.41, 5.74) is -0.121. The molecule has 0 spiro atoms. The molecule has 0 radical (unpaired) electrons. The zero-order valence-corrected chi connectivity index (χ0v) is 7.39. The van der Waals surface area contributed by atoms with E-state index in [-0.39, 0.29) is 11.6 Å². The Morgan fingerprint density at radius 2 is 2.36 bits per heavy atom. The molecule has 1 amide bonds. The first-order chi connectivity index (χ1) is 5.11. The summed E-state index contributed by atoms with van der Waals surface area (Å²) in [5, 5.41) is 10.1. The monoisotopic (exact) mass is 266 g/mol. The number of nitro groups is 1. The van der Waals surface area contributed by atoms with Gasteiger partial charge in [0.15, 0.2) is 0 Å². The molecule has 0 bridgehead atoms. The molecule has 1 aliphatic heterocycles. The standard InChI is InChI=1S/C5H3IN2O3/c6-4-1-3(8(10)11)2-7-5(4)9/h1-2,4H. The van der Waals surface area contributed by atoms with Crippen LogP contribution in [0.5, 0.6) is 0 Å². The van der Waals surface area contributed by atoms with Crippen molar-refractivity contribution in [3.05, 3.63) is 21.9 Å². The van der Waals surface area contributed by atoms with Gasteiger partial charge in [0.1, 0.15) is 10.1 Å². The molecule has 6 heteroatoms. The van der Waals surface area contributed by atoms with Crippen molar-refractivity contribution >= 4 is 34.7 Å². The second kappa shape index (κ2) is 3.07. The summed E-state index contributed by atoms with van der Waals surface area (Å²) in [6, 6.07) is 0. The Morgan fingerprint density at radius 3 is 2.82 bits per heavy atom. The third-order valence-corrected chi connectivity index (χ3v) is 1.98. The summed E-state index contributed by atoms with van der Waals surface area (Å²) in [4.78, 5) is 23.6. The normalized spacial score (nSPS) is 23.2. The fourth-order valence-corrected chi connectivity index (χ4v) is 1.10. The molecule has 1 rings (SSSR count). The molecule has 0 aliphatic carbocycles. The lowest BCUT2D eigenvalue weighted by atomic mass is 10.3. The van der Waals surface area contributed by atoms with Crippen LogP contribution in [0.1, 0.15) is 0 Å². The van der Waals surface area contributed by atoms with Gasteiger partial charge in [-0.1, -0.05) is 22.6 Å². The van der Waals surface area contributed by atoms with Gasteiger partial charge in [0, 0.05) is 6.08 Å². The van der Waals surface area contributed by atoms with Crippen molar-refractivity contribution in [1.82, 2.24) is 0 Å². The van der Waals surface area contributed by atoms with Gasteiger partial charge >= 0.3 is 0 Å². The van der Waals surface area contributed by atoms with Gasteiger partial charge in [-0.15, -0.1) is 0 Å². The van der Waals surface area contributed by atoms with Crippen molar-refractivity contribution in [3.8, 4) is 0 Å². The summed E-state index contributed by atoms with van der Waals surface area (Å²) >= 11 is 1.79. The number of hydrogen-bond donors (Lipinski definition) is 0. The van der Waals surface area contributed by atoms with E-state index in [0.29, 0.717) is 0 Å². The third kappa shape index (κ3) is 1.82. The molecular weight excluding hydrogens is 263 g/mol. The van der Waals surface area contributed by atoms with E-state index in [9.17, 15) is 14.9 Å². The van der Waals surface area contributed by atoms with Crippen LogP contribution in [0.3, 0.4) is 0 Å². The van der Waals surface area contributed by atoms with Crippen LogP contribution in [0.4, 0.5) is 0 Å². The highest BCUT2D eigenvalue weighted by Crippen LogP contribution is 2.11. The minimum Gasteiger partial charge on any atom is -0.271 e. The smallest absolute Gasteiger partial charge is 0.271 e. The van der Waals surface area contributed by atoms with Gasteiger partial charge in [0.25, 0.3) is 11.6 Å². The number of carbonyl (C=O) groups is 1. The van der Waals surface area contributed by atoms with E-state index in [1.54, 1.807) is 22.6 Å². The number of aliphatic imine (C=N–C) groups is 1. The van der Waals surface area contributed by atoms with Crippen LogP contribution in [0.2, 0.25) is 0 Å². The fourth-order valence-electron chi connectivity index (χ4n) is 0.573. The van der Waals surface area contributed by atoms with E-state index in [1.807, 2.05) is 0 Å². The van der Waals surface area contributed by atoms with Gasteiger partial charge in [0.05, 0.1) is 4.92 Å². The number of rotatable bonds is 1. The minimum atomic E-state index is -0.568. The molecule has 1 heterocycles. The number of amides is 1. The Hall–Kier alpha value is -0.790. The lowest BCUT2D eigenvalue weighted by molar-refractivity contribution is -0.414. The van der Waals surface area contributed by atoms with Gasteiger partial charge in [-0.25, -0.2) is 4.99 Å². The highest BCUT2D eigenvalue weighted by Gasteiger charge is 2.21. The maximum atomic E-state index is 10.7. The molecule has 11 heavy (non-hydrogen) atoms. The van der Waals surface area contributed by atoms with Gasteiger partial charge in [0.2, 0.25) is 0 Å². The number of nitrogens with zero attached hydrogens (tertiary/aromatic N) is 2. The molecule has 0 aromatic rings. The Bertz CT molecular complexity index is 271. The quantitative estimate of drug-likeness (QED) is 0.301. The van der Waals surface area contributed by atoms with Crippen molar-refractivity contribution in [2.45, 2.75) is 3.92 Å². The second-order valence-corrected chi connectivity index (χ2v) is 3.19. The SMILES string of the molecule is O=C1N=CC([N+](=O)[O-])=CC1I. The lowest BCUT2D eigenvalue weighted by Crippen LogP contribution is -2.17. The molecular formula is C5H3IN2O3. The number of allylic oxidation sites excluding steroid dienone is 1. The van der Waals surface area contributed by atoms with Gasteiger partial charge in [-0.3, -0.25) is 14.9 Å². The molecule has 5 nitrogen and oxygen atoms in total. The molecule has 1 unspecified atom stereocenters. The zero-order chi connectivity index (χ0) is 8.43. The van der Waals surface area contributed by atoms with E-state index < -0.39 is 8.85 Å². The molecule has 0 saturated heterocycles. The maximum Gasteiger partial charge on any atom is 0.285 e. The average Bonchev–Trinajstić information content (AvgIpc) is 1.94. The first-order valence-corrected chi connectivity index (χ1v) is 3.94. The van der Waals surface area contributed by atoms with Gasteiger partial charge in [-0.05, 0) is 0 Å². The van der Waals surface area contributed by atoms with Crippen LogP contribution in [-0.2, 0) is 4.79 Å². The Kier molecular flexibility index (Phi) is 2.32. The fraction of sp³-hybridized carbons (Fsp3) is 0.200. The lowest BCUT2D eigenvalue weighted by Gasteiger charge is -2.01. The van der Waals surface area contributed by atoms with Crippen molar-refractivity contribution < 1.29 is 9.72 Å². The molecule has 0 saturated carbocycles. The summed E-state index contributed by atoms with van der Waals surface area (Å²) in [6.07, 6.45) is 2.24. The predicted molar refractivity (Wildman–Crippen MR) is 46.4 cm³/mol. The first-order valence-electron chi connectivity index (χ1n) is 2.69. The van der Waals surface area contributed by atoms with E-state index in [1.165, 1.54) is 6.08 Å². The number of alkyl halides is 1. The maximum absolute atomic E-state index is 10.7. The number of hydrogen-bond acceptors (Lipinski definition) is 3. The molecule has 0 aromatic heterocycles. The number of dihydropyridines is 1. The Morgan fingerprint density at radius 1 is 1.73 bits per heavy atom. The van der Waals surface area contributed by atoms with Crippen molar-refractivity contribution in [2.24, 2.45) is 4.99 Å². The highest BCUT2D eigenvalue weighted by molar-refractivity contribution is 14.1.